The van der Waals surface area contributed by atoms with Crippen LogP contribution in [-0.4, -0.2) is 4.98 Å². The van der Waals surface area contributed by atoms with Crippen LogP contribution in [0.2, 0.25) is 0 Å². The summed E-state index contributed by atoms with van der Waals surface area (Å²) in [4.78, 5) is 4.32. The molecule has 0 aliphatic carbocycles. The van der Waals surface area contributed by atoms with E-state index in [0.29, 0.717) is 0 Å². The van der Waals surface area contributed by atoms with Crippen molar-refractivity contribution in [2.24, 2.45) is 0 Å². The van der Waals surface area contributed by atoms with Gasteiger partial charge in [0, 0.05) is 11.9 Å². The van der Waals surface area contributed by atoms with Crippen molar-refractivity contribution in [3.8, 4) is 0 Å². The fraction of sp³-hybridized carbons (Fsp3) is 0.214. The van der Waals surface area contributed by atoms with Crippen LogP contribution in [0.25, 0.3) is 0 Å². The van der Waals surface area contributed by atoms with Gasteiger partial charge in [-0.2, -0.15) is 0 Å². The second kappa shape index (κ2) is 5.19. The molecule has 0 spiro atoms. The van der Waals surface area contributed by atoms with Gasteiger partial charge in [-0.1, -0.05) is 24.3 Å². The summed E-state index contributed by atoms with van der Waals surface area (Å²) in [5.41, 5.74) is 3.23. The first kappa shape index (κ1) is 11.9. The minimum atomic E-state index is -0.0239. The van der Waals surface area contributed by atoms with Crippen molar-refractivity contribution in [3.05, 3.63) is 53.7 Å². The first-order valence-corrected chi connectivity index (χ1v) is 6.03. The zero-order chi connectivity index (χ0) is 12.3. The van der Waals surface area contributed by atoms with Crippen LogP contribution >= 0.6 is 11.6 Å². The van der Waals surface area contributed by atoms with Gasteiger partial charge in [0.25, 0.3) is 0 Å². The first-order chi connectivity index (χ1) is 8.16. The van der Waals surface area contributed by atoms with Gasteiger partial charge in [-0.3, -0.25) is 0 Å². The molecule has 2 nitrogen and oxygen atoms in total. The fourth-order valence-electron chi connectivity index (χ4n) is 1.64. The number of nitrogens with one attached hydrogen (secondary N) is 1. The number of hydrogen-bond donors (Lipinski definition) is 1. The first-order valence-electron chi connectivity index (χ1n) is 5.59. The Kier molecular flexibility index (Phi) is 3.64. The zero-order valence-corrected chi connectivity index (χ0v) is 10.7. The molecule has 1 N–H and O–H groups in total. The second-order valence-corrected chi connectivity index (χ2v) is 4.70. The van der Waals surface area contributed by atoms with Gasteiger partial charge < -0.3 is 5.32 Å². The number of aryl methyl sites for hydroxylation is 1. The molecular weight excluding hydrogens is 232 g/mol. The Morgan fingerprint density at radius 2 is 1.94 bits per heavy atom. The molecule has 1 heterocycles. The van der Waals surface area contributed by atoms with E-state index in [4.69, 9.17) is 11.6 Å². The summed E-state index contributed by atoms with van der Waals surface area (Å²) >= 11 is 6.14. The average molecular weight is 247 g/mol. The molecule has 0 amide bonds. The van der Waals surface area contributed by atoms with Crippen LogP contribution in [0.5, 0.6) is 0 Å². The Bertz CT molecular complexity index is 492. The van der Waals surface area contributed by atoms with Crippen LogP contribution in [-0.2, 0) is 0 Å². The maximum absolute atomic E-state index is 6.14. The van der Waals surface area contributed by atoms with Gasteiger partial charge in [-0.15, -0.1) is 11.6 Å². The van der Waals surface area contributed by atoms with E-state index in [0.717, 1.165) is 22.6 Å². The highest BCUT2D eigenvalue weighted by Gasteiger charge is 2.07. The van der Waals surface area contributed by atoms with E-state index >= 15 is 0 Å². The van der Waals surface area contributed by atoms with Crippen LogP contribution in [0, 0.1) is 6.92 Å². The molecule has 0 saturated heterocycles. The standard InChI is InChI=1S/C14H15ClN2/c1-10-7-8-14(16-9-10)17-13-6-4-3-5-12(13)11(2)15/h3-9,11H,1-2H3,(H,16,17). The van der Waals surface area contributed by atoms with Crippen LogP contribution in [0.4, 0.5) is 11.5 Å². The molecule has 0 bridgehead atoms. The summed E-state index contributed by atoms with van der Waals surface area (Å²) < 4.78 is 0. The van der Waals surface area contributed by atoms with E-state index in [-0.39, 0.29) is 5.38 Å². The monoisotopic (exact) mass is 246 g/mol. The molecule has 0 aliphatic rings. The molecule has 1 aromatic heterocycles. The number of para-hydroxylation sites is 1. The molecule has 0 radical (unpaired) electrons. The van der Waals surface area contributed by atoms with E-state index in [2.05, 4.69) is 10.3 Å². The smallest absolute Gasteiger partial charge is 0.130 e. The third kappa shape index (κ3) is 2.98. The summed E-state index contributed by atoms with van der Waals surface area (Å²) in [5, 5.41) is 3.26. The number of anilines is 2. The molecular formula is C14H15ClN2. The highest BCUT2D eigenvalue weighted by Crippen LogP contribution is 2.28. The van der Waals surface area contributed by atoms with E-state index < -0.39 is 0 Å². The number of aromatic nitrogens is 1. The number of nitrogens with zero attached hydrogens (tertiary/aromatic N) is 1. The molecule has 17 heavy (non-hydrogen) atoms. The van der Waals surface area contributed by atoms with Crippen molar-refractivity contribution in [2.75, 3.05) is 5.32 Å². The Balaban J connectivity index is 2.26. The lowest BCUT2D eigenvalue weighted by atomic mass is 10.1. The number of halogens is 1. The van der Waals surface area contributed by atoms with E-state index in [1.165, 1.54) is 0 Å². The van der Waals surface area contributed by atoms with Gasteiger partial charge >= 0.3 is 0 Å². The molecule has 1 atom stereocenters. The Morgan fingerprint density at radius 1 is 1.18 bits per heavy atom. The van der Waals surface area contributed by atoms with Gasteiger partial charge in [0.05, 0.1) is 5.38 Å². The molecule has 2 aromatic rings. The number of hydrogen-bond acceptors (Lipinski definition) is 2. The van der Waals surface area contributed by atoms with Crippen LogP contribution in [0.3, 0.4) is 0 Å². The Labute approximate surface area is 107 Å². The van der Waals surface area contributed by atoms with Crippen molar-refractivity contribution in [1.82, 2.24) is 4.98 Å². The lowest BCUT2D eigenvalue weighted by Crippen LogP contribution is -1.98. The number of pyridine rings is 1. The van der Waals surface area contributed by atoms with Crippen LogP contribution in [0.1, 0.15) is 23.4 Å². The summed E-state index contributed by atoms with van der Waals surface area (Å²) in [6.07, 6.45) is 1.84. The molecule has 0 fully saturated rings. The van der Waals surface area contributed by atoms with Crippen LogP contribution in [0.15, 0.2) is 42.6 Å². The van der Waals surface area contributed by atoms with Gasteiger partial charge in [0.2, 0.25) is 0 Å². The molecule has 2 rings (SSSR count). The highest BCUT2D eigenvalue weighted by atomic mass is 35.5. The van der Waals surface area contributed by atoms with Crippen molar-refractivity contribution in [1.29, 1.82) is 0 Å². The van der Waals surface area contributed by atoms with Gasteiger partial charge in [-0.05, 0) is 37.1 Å². The summed E-state index contributed by atoms with van der Waals surface area (Å²) in [5.74, 6) is 0.834. The van der Waals surface area contributed by atoms with Crippen LogP contribution < -0.4 is 5.32 Å². The quantitative estimate of drug-likeness (QED) is 0.811. The zero-order valence-electron chi connectivity index (χ0n) is 9.94. The maximum Gasteiger partial charge on any atom is 0.130 e. The largest absolute Gasteiger partial charge is 0.340 e. The predicted octanol–water partition coefficient (Wildman–Crippen LogP) is 4.43. The lowest BCUT2D eigenvalue weighted by molar-refractivity contribution is 1.08. The Morgan fingerprint density at radius 3 is 2.59 bits per heavy atom. The Hall–Kier alpha value is -1.54. The van der Waals surface area contributed by atoms with Gasteiger partial charge in [-0.25, -0.2) is 4.98 Å². The van der Waals surface area contributed by atoms with E-state index in [1.54, 1.807) is 0 Å². The lowest BCUT2D eigenvalue weighted by Gasteiger charge is -2.12. The third-order valence-electron chi connectivity index (χ3n) is 2.56. The van der Waals surface area contributed by atoms with Crippen molar-refractivity contribution >= 4 is 23.1 Å². The number of rotatable bonds is 3. The average Bonchev–Trinajstić information content (AvgIpc) is 2.32. The minimum absolute atomic E-state index is 0.0239. The molecule has 1 unspecified atom stereocenters. The second-order valence-electron chi connectivity index (χ2n) is 4.05. The topological polar surface area (TPSA) is 24.9 Å². The molecule has 0 aliphatic heterocycles. The SMILES string of the molecule is Cc1ccc(Nc2ccccc2C(C)Cl)nc1. The van der Waals surface area contributed by atoms with E-state index in [9.17, 15) is 0 Å². The minimum Gasteiger partial charge on any atom is -0.340 e. The van der Waals surface area contributed by atoms with Crippen molar-refractivity contribution < 1.29 is 0 Å². The van der Waals surface area contributed by atoms with E-state index in [1.807, 2.05) is 56.4 Å². The fourth-order valence-corrected chi connectivity index (χ4v) is 1.83. The van der Waals surface area contributed by atoms with Gasteiger partial charge in [0.15, 0.2) is 0 Å². The molecule has 88 valence electrons. The molecule has 3 heteroatoms. The third-order valence-corrected chi connectivity index (χ3v) is 2.80. The van der Waals surface area contributed by atoms with Gasteiger partial charge in [0.1, 0.15) is 5.82 Å². The van der Waals surface area contributed by atoms with Crippen molar-refractivity contribution in [3.63, 3.8) is 0 Å². The summed E-state index contributed by atoms with van der Waals surface area (Å²) in [6, 6.07) is 12.0. The number of alkyl halides is 1. The normalized spacial score (nSPS) is 12.2. The summed E-state index contributed by atoms with van der Waals surface area (Å²) in [7, 11) is 0. The molecule has 1 aromatic carbocycles. The molecule has 0 saturated carbocycles. The number of benzene rings is 1. The highest BCUT2D eigenvalue weighted by molar-refractivity contribution is 6.21. The predicted molar refractivity (Wildman–Crippen MR) is 73.0 cm³/mol. The van der Waals surface area contributed by atoms with Crippen molar-refractivity contribution in [2.45, 2.75) is 19.2 Å². The maximum atomic E-state index is 6.14. The summed E-state index contributed by atoms with van der Waals surface area (Å²) in [6.45, 7) is 3.98.